The minimum absolute atomic E-state index is 0.0785. The summed E-state index contributed by atoms with van der Waals surface area (Å²) in [6.45, 7) is 4.17. The van der Waals surface area contributed by atoms with Gasteiger partial charge in [0.05, 0.1) is 0 Å². The molecular weight excluding hydrogens is 429 g/mol. The number of halogens is 3. The lowest BCUT2D eigenvalue weighted by molar-refractivity contribution is 0.302. The van der Waals surface area contributed by atoms with Gasteiger partial charge in [-0.05, 0) is 110 Å². The van der Waals surface area contributed by atoms with E-state index in [0.717, 1.165) is 68.4 Å². The van der Waals surface area contributed by atoms with E-state index in [1.807, 2.05) is 37.3 Å². The topological polar surface area (TPSA) is 0 Å². The molecule has 34 heavy (non-hydrogen) atoms. The van der Waals surface area contributed by atoms with E-state index in [2.05, 4.69) is 13.0 Å². The highest BCUT2D eigenvalue weighted by Gasteiger charge is 2.29. The number of hydrogen-bond donors (Lipinski definition) is 0. The lowest BCUT2D eigenvalue weighted by Gasteiger charge is -2.30. The molecule has 0 heterocycles. The van der Waals surface area contributed by atoms with Crippen molar-refractivity contribution in [1.82, 2.24) is 0 Å². The number of benzene rings is 2. The Labute approximate surface area is 203 Å². The third kappa shape index (κ3) is 5.78. The summed E-state index contributed by atoms with van der Waals surface area (Å²) >= 11 is 0. The molecule has 0 aromatic heterocycles. The zero-order valence-electron chi connectivity index (χ0n) is 20.8. The Bertz CT molecular complexity index is 976. The van der Waals surface area contributed by atoms with Gasteiger partial charge in [0.2, 0.25) is 0 Å². The van der Waals surface area contributed by atoms with Crippen LogP contribution in [0, 0.1) is 29.3 Å². The third-order valence-electron chi connectivity index (χ3n) is 8.36. The summed E-state index contributed by atoms with van der Waals surface area (Å²) in [6, 6.07) is 9.14. The smallest absolute Gasteiger partial charge is 0.162 e. The number of aryl methyl sites for hydroxylation is 1. The van der Waals surface area contributed by atoms with Gasteiger partial charge < -0.3 is 0 Å². The van der Waals surface area contributed by atoms with E-state index in [1.54, 1.807) is 6.07 Å². The molecule has 2 aromatic carbocycles. The van der Waals surface area contributed by atoms with Crippen LogP contribution in [0.1, 0.15) is 112 Å². The van der Waals surface area contributed by atoms with Gasteiger partial charge in [0.25, 0.3) is 0 Å². The maximum absolute atomic E-state index is 15.1. The molecule has 0 spiro atoms. The Morgan fingerprint density at radius 1 is 0.765 bits per heavy atom. The first-order valence-corrected chi connectivity index (χ1v) is 13.4. The van der Waals surface area contributed by atoms with E-state index in [1.165, 1.54) is 12.8 Å². The average Bonchev–Trinajstić information content (AvgIpc) is 2.86. The van der Waals surface area contributed by atoms with Gasteiger partial charge in [-0.3, -0.25) is 0 Å². The van der Waals surface area contributed by atoms with Crippen LogP contribution in [-0.4, -0.2) is 0 Å². The third-order valence-corrected chi connectivity index (χ3v) is 8.36. The molecule has 4 rings (SSSR count). The zero-order valence-corrected chi connectivity index (χ0v) is 20.8. The monoisotopic (exact) mass is 468 g/mol. The lowest BCUT2D eigenvalue weighted by Crippen LogP contribution is -2.17. The van der Waals surface area contributed by atoms with Gasteiger partial charge in [-0.15, -0.1) is 0 Å². The van der Waals surface area contributed by atoms with Gasteiger partial charge in [0.1, 0.15) is 5.82 Å². The molecule has 0 nitrogen and oxygen atoms in total. The van der Waals surface area contributed by atoms with Gasteiger partial charge in [0, 0.05) is 0 Å². The van der Waals surface area contributed by atoms with E-state index in [9.17, 15) is 4.39 Å². The van der Waals surface area contributed by atoms with Crippen molar-refractivity contribution in [3.8, 4) is 0 Å². The Morgan fingerprint density at radius 2 is 1.35 bits per heavy atom. The van der Waals surface area contributed by atoms with Crippen LogP contribution in [0.4, 0.5) is 13.2 Å². The minimum Gasteiger partial charge on any atom is -0.207 e. The molecule has 2 aliphatic carbocycles. The second kappa shape index (κ2) is 11.6. The van der Waals surface area contributed by atoms with Gasteiger partial charge in [-0.1, -0.05) is 63.1 Å². The van der Waals surface area contributed by atoms with E-state index in [4.69, 9.17) is 0 Å². The largest absolute Gasteiger partial charge is 0.207 e. The van der Waals surface area contributed by atoms with E-state index in [-0.39, 0.29) is 17.7 Å². The van der Waals surface area contributed by atoms with Crippen LogP contribution in [0.25, 0.3) is 6.08 Å². The quantitative estimate of drug-likeness (QED) is 0.379. The molecule has 2 aliphatic rings. The molecule has 2 fully saturated rings. The first-order chi connectivity index (χ1) is 16.5. The van der Waals surface area contributed by atoms with Crippen LogP contribution in [0.5, 0.6) is 0 Å². The molecule has 0 saturated heterocycles. The minimum atomic E-state index is -0.612. The average molecular weight is 469 g/mol. The fourth-order valence-corrected chi connectivity index (χ4v) is 6.20. The number of rotatable bonds is 7. The van der Waals surface area contributed by atoms with Crippen molar-refractivity contribution in [3.05, 3.63) is 76.1 Å². The van der Waals surface area contributed by atoms with Gasteiger partial charge in [-0.25, -0.2) is 13.2 Å². The number of allylic oxidation sites excluding steroid dienone is 1. The molecule has 0 unspecified atom stereocenters. The molecule has 0 amide bonds. The summed E-state index contributed by atoms with van der Waals surface area (Å²) in [5, 5.41) is 0. The molecule has 3 heteroatoms. The van der Waals surface area contributed by atoms with Crippen LogP contribution >= 0.6 is 0 Å². The lowest BCUT2D eigenvalue weighted by atomic mass is 9.75. The Balaban J connectivity index is 1.35. The maximum atomic E-state index is 15.1. The van der Waals surface area contributed by atoms with Crippen LogP contribution in [0.3, 0.4) is 0 Å². The summed E-state index contributed by atoms with van der Waals surface area (Å²) in [4.78, 5) is 0. The highest BCUT2D eigenvalue weighted by atomic mass is 19.2. The van der Waals surface area contributed by atoms with Crippen LogP contribution in [0.2, 0.25) is 0 Å². The van der Waals surface area contributed by atoms with E-state index >= 15 is 8.78 Å². The first kappa shape index (κ1) is 25.1. The van der Waals surface area contributed by atoms with Gasteiger partial charge in [0.15, 0.2) is 11.6 Å². The number of hydrogen-bond acceptors (Lipinski definition) is 0. The Kier molecular flexibility index (Phi) is 8.55. The molecular formula is C31H39F3. The Hall–Kier alpha value is -2.03. The van der Waals surface area contributed by atoms with Crippen molar-refractivity contribution in [3.63, 3.8) is 0 Å². The fraction of sp³-hybridized carbons (Fsp3) is 0.548. The van der Waals surface area contributed by atoms with Crippen molar-refractivity contribution >= 4 is 6.08 Å². The summed E-state index contributed by atoms with van der Waals surface area (Å²) in [6.07, 6.45) is 15.1. The summed E-state index contributed by atoms with van der Waals surface area (Å²) in [5.41, 5.74) is 2.76. The van der Waals surface area contributed by atoms with Crippen molar-refractivity contribution < 1.29 is 13.2 Å². The van der Waals surface area contributed by atoms with E-state index < -0.39 is 11.6 Å². The highest BCUT2D eigenvalue weighted by Crippen LogP contribution is 2.42. The second-order valence-corrected chi connectivity index (χ2v) is 10.6. The molecule has 0 aliphatic heterocycles. The first-order valence-electron chi connectivity index (χ1n) is 13.4. The van der Waals surface area contributed by atoms with Crippen molar-refractivity contribution in [2.75, 3.05) is 0 Å². The molecule has 2 aromatic rings. The maximum Gasteiger partial charge on any atom is 0.162 e. The predicted molar refractivity (Wildman–Crippen MR) is 135 cm³/mol. The van der Waals surface area contributed by atoms with Crippen molar-refractivity contribution in [2.45, 2.75) is 96.3 Å². The highest BCUT2D eigenvalue weighted by molar-refractivity contribution is 5.50. The van der Waals surface area contributed by atoms with Crippen LogP contribution in [0.15, 0.2) is 36.4 Å². The SMILES string of the molecule is CCCC1CCC(c2ccc(C3CCC(/C=C/c4ccc(CC)c(F)c4)CC3)c(F)c2F)CC1. The summed E-state index contributed by atoms with van der Waals surface area (Å²) in [5.74, 6) is 0.0320. The Morgan fingerprint density at radius 3 is 1.88 bits per heavy atom. The fourth-order valence-electron chi connectivity index (χ4n) is 6.20. The van der Waals surface area contributed by atoms with Crippen molar-refractivity contribution in [1.29, 1.82) is 0 Å². The molecule has 184 valence electrons. The molecule has 0 N–H and O–H groups in total. The normalized spacial score (nSPS) is 25.7. The molecule has 0 radical (unpaired) electrons. The zero-order chi connectivity index (χ0) is 24.1. The molecule has 2 saturated carbocycles. The molecule has 0 bridgehead atoms. The second-order valence-electron chi connectivity index (χ2n) is 10.6. The summed E-state index contributed by atoms with van der Waals surface area (Å²) in [7, 11) is 0. The van der Waals surface area contributed by atoms with Gasteiger partial charge >= 0.3 is 0 Å². The predicted octanol–water partition coefficient (Wildman–Crippen LogP) is 9.73. The van der Waals surface area contributed by atoms with Gasteiger partial charge in [-0.2, -0.15) is 0 Å². The molecule has 0 atom stereocenters. The van der Waals surface area contributed by atoms with Crippen LogP contribution < -0.4 is 0 Å². The van der Waals surface area contributed by atoms with Crippen LogP contribution in [-0.2, 0) is 6.42 Å². The standard InChI is InChI=1S/C31H39F3/c1-3-5-21-8-14-25(15-9-21)27-18-19-28(31(34)30(27)33)26-16-10-22(11-17-26)6-7-23-12-13-24(4-2)29(32)20-23/h6-7,12-13,18-22,25-26H,3-5,8-11,14-17H2,1-2H3/b7-6+. The summed E-state index contributed by atoms with van der Waals surface area (Å²) < 4.78 is 44.3. The van der Waals surface area contributed by atoms with Crippen molar-refractivity contribution in [2.24, 2.45) is 11.8 Å². The van der Waals surface area contributed by atoms with E-state index in [0.29, 0.717) is 23.5 Å².